The normalized spacial score (nSPS) is 11.9. The number of hydrogen-bond donors (Lipinski definition) is 1. The number of aryl methyl sites for hydroxylation is 1. The standard InChI is InChI=1S/C14H16F3N3/c1-9(2)20-8-10(3)18-13(20)19-12-6-4-11(5-7-12)14(15,16)17/h4-9H,1-3H3,(H,18,19). The number of nitrogens with one attached hydrogen (secondary N) is 1. The van der Waals surface area contributed by atoms with Gasteiger partial charge in [-0.25, -0.2) is 4.98 Å². The van der Waals surface area contributed by atoms with Crippen molar-refractivity contribution < 1.29 is 13.2 Å². The minimum Gasteiger partial charge on any atom is -0.326 e. The lowest BCUT2D eigenvalue weighted by molar-refractivity contribution is -0.137. The summed E-state index contributed by atoms with van der Waals surface area (Å²) < 4.78 is 39.4. The van der Waals surface area contributed by atoms with Crippen molar-refractivity contribution in [1.29, 1.82) is 0 Å². The highest BCUT2D eigenvalue weighted by Gasteiger charge is 2.29. The lowest BCUT2D eigenvalue weighted by atomic mass is 10.2. The first-order chi connectivity index (χ1) is 9.27. The molecule has 1 N–H and O–H groups in total. The maximum Gasteiger partial charge on any atom is 0.416 e. The number of aromatic nitrogens is 2. The van der Waals surface area contributed by atoms with Crippen molar-refractivity contribution in [2.24, 2.45) is 0 Å². The Morgan fingerprint density at radius 1 is 1.15 bits per heavy atom. The van der Waals surface area contributed by atoms with Gasteiger partial charge in [-0.15, -0.1) is 0 Å². The summed E-state index contributed by atoms with van der Waals surface area (Å²) >= 11 is 0. The molecular formula is C14H16F3N3. The zero-order valence-electron chi connectivity index (χ0n) is 11.5. The van der Waals surface area contributed by atoms with Crippen LogP contribution in [0.4, 0.5) is 24.8 Å². The second kappa shape index (κ2) is 5.19. The highest BCUT2D eigenvalue weighted by Crippen LogP contribution is 2.30. The van der Waals surface area contributed by atoms with E-state index < -0.39 is 11.7 Å². The third-order valence-electron chi connectivity index (χ3n) is 2.88. The van der Waals surface area contributed by atoms with E-state index in [4.69, 9.17) is 0 Å². The summed E-state index contributed by atoms with van der Waals surface area (Å²) in [5.74, 6) is 0.622. The van der Waals surface area contributed by atoms with Crippen LogP contribution in [0.25, 0.3) is 0 Å². The third kappa shape index (κ3) is 3.12. The topological polar surface area (TPSA) is 29.9 Å². The zero-order chi connectivity index (χ0) is 14.9. The Morgan fingerprint density at radius 3 is 2.25 bits per heavy atom. The minimum atomic E-state index is -4.31. The average molecular weight is 283 g/mol. The van der Waals surface area contributed by atoms with Gasteiger partial charge in [0.05, 0.1) is 11.3 Å². The van der Waals surface area contributed by atoms with Crippen molar-refractivity contribution >= 4 is 11.6 Å². The molecule has 1 aromatic heterocycles. The van der Waals surface area contributed by atoms with Gasteiger partial charge in [0.15, 0.2) is 0 Å². The van der Waals surface area contributed by atoms with Crippen LogP contribution in [0, 0.1) is 6.92 Å². The summed E-state index contributed by atoms with van der Waals surface area (Å²) in [6.07, 6.45) is -2.41. The summed E-state index contributed by atoms with van der Waals surface area (Å²) in [6.45, 7) is 5.90. The van der Waals surface area contributed by atoms with Crippen LogP contribution >= 0.6 is 0 Å². The number of rotatable bonds is 3. The zero-order valence-corrected chi connectivity index (χ0v) is 11.5. The van der Waals surface area contributed by atoms with Crippen molar-refractivity contribution in [2.75, 3.05) is 5.32 Å². The van der Waals surface area contributed by atoms with E-state index in [2.05, 4.69) is 10.3 Å². The van der Waals surface area contributed by atoms with Gasteiger partial charge in [-0.2, -0.15) is 13.2 Å². The lowest BCUT2D eigenvalue weighted by Crippen LogP contribution is -2.06. The van der Waals surface area contributed by atoms with Crippen molar-refractivity contribution in [1.82, 2.24) is 9.55 Å². The van der Waals surface area contributed by atoms with Crippen LogP contribution in [0.1, 0.15) is 31.1 Å². The van der Waals surface area contributed by atoms with Gasteiger partial charge in [0.25, 0.3) is 0 Å². The number of alkyl halides is 3. The molecule has 1 aromatic carbocycles. The predicted octanol–water partition coefficient (Wildman–Crippen LogP) is 4.53. The second-order valence-corrected chi connectivity index (χ2v) is 4.91. The van der Waals surface area contributed by atoms with E-state index in [9.17, 15) is 13.2 Å². The van der Waals surface area contributed by atoms with Crippen molar-refractivity contribution in [3.63, 3.8) is 0 Å². The Bertz CT molecular complexity index is 583. The monoisotopic (exact) mass is 283 g/mol. The molecule has 0 fully saturated rings. The van der Waals surface area contributed by atoms with Gasteiger partial charge < -0.3 is 9.88 Å². The molecule has 0 aliphatic heterocycles. The van der Waals surface area contributed by atoms with Crippen LogP contribution in [0.5, 0.6) is 0 Å². The molecule has 0 radical (unpaired) electrons. The summed E-state index contributed by atoms with van der Waals surface area (Å²) in [7, 11) is 0. The predicted molar refractivity (Wildman–Crippen MR) is 72.1 cm³/mol. The van der Waals surface area contributed by atoms with Gasteiger partial charge in [-0.1, -0.05) is 0 Å². The molecule has 3 nitrogen and oxygen atoms in total. The molecule has 1 heterocycles. The molecule has 0 saturated heterocycles. The molecule has 0 unspecified atom stereocenters. The third-order valence-corrected chi connectivity index (χ3v) is 2.88. The molecule has 0 atom stereocenters. The van der Waals surface area contributed by atoms with E-state index in [1.807, 2.05) is 31.5 Å². The number of nitrogens with zero attached hydrogens (tertiary/aromatic N) is 2. The van der Waals surface area contributed by atoms with Crippen LogP contribution in [-0.2, 0) is 6.18 Å². The number of benzene rings is 1. The van der Waals surface area contributed by atoms with E-state index >= 15 is 0 Å². The molecule has 0 bridgehead atoms. The SMILES string of the molecule is Cc1cn(C(C)C)c(Nc2ccc(C(F)(F)F)cc2)n1. The molecule has 20 heavy (non-hydrogen) atoms. The molecule has 0 aliphatic rings. The Hall–Kier alpha value is -1.98. The molecular weight excluding hydrogens is 267 g/mol. The van der Waals surface area contributed by atoms with Crippen molar-refractivity contribution in [3.05, 3.63) is 41.7 Å². The number of halogens is 3. The summed E-state index contributed by atoms with van der Waals surface area (Å²) in [5.41, 5.74) is 0.769. The van der Waals surface area contributed by atoms with E-state index in [1.165, 1.54) is 12.1 Å². The van der Waals surface area contributed by atoms with Gasteiger partial charge in [0.2, 0.25) is 5.95 Å². The van der Waals surface area contributed by atoms with Gasteiger partial charge >= 0.3 is 6.18 Å². The van der Waals surface area contributed by atoms with Crippen LogP contribution < -0.4 is 5.32 Å². The Labute approximate surface area is 115 Å². The van der Waals surface area contributed by atoms with Crippen LogP contribution in [0.15, 0.2) is 30.5 Å². The Balaban J connectivity index is 2.22. The fraction of sp³-hybridized carbons (Fsp3) is 0.357. The first kappa shape index (κ1) is 14.4. The minimum absolute atomic E-state index is 0.216. The summed E-state index contributed by atoms with van der Waals surface area (Å²) in [4.78, 5) is 4.33. The quantitative estimate of drug-likeness (QED) is 0.896. The fourth-order valence-electron chi connectivity index (χ4n) is 1.87. The first-order valence-electron chi connectivity index (χ1n) is 6.27. The molecule has 2 aromatic rings. The number of hydrogen-bond acceptors (Lipinski definition) is 2. The van der Waals surface area contributed by atoms with Gasteiger partial charge in [-0.3, -0.25) is 0 Å². The van der Waals surface area contributed by atoms with Crippen molar-refractivity contribution in [3.8, 4) is 0 Å². The lowest BCUT2D eigenvalue weighted by Gasteiger charge is -2.13. The van der Waals surface area contributed by atoms with Gasteiger partial charge in [0.1, 0.15) is 0 Å². The Kier molecular flexibility index (Phi) is 3.74. The first-order valence-corrected chi connectivity index (χ1v) is 6.27. The van der Waals surface area contributed by atoms with Crippen LogP contribution in [0.3, 0.4) is 0 Å². The maximum atomic E-state index is 12.5. The number of anilines is 2. The van der Waals surface area contributed by atoms with E-state index in [0.29, 0.717) is 11.6 Å². The van der Waals surface area contributed by atoms with Gasteiger partial charge in [0, 0.05) is 17.9 Å². The summed E-state index contributed by atoms with van der Waals surface area (Å²) in [5, 5.41) is 3.04. The highest BCUT2D eigenvalue weighted by atomic mass is 19.4. The molecule has 0 spiro atoms. The molecule has 0 saturated carbocycles. The van der Waals surface area contributed by atoms with E-state index in [0.717, 1.165) is 17.8 Å². The van der Waals surface area contributed by atoms with Gasteiger partial charge in [-0.05, 0) is 45.0 Å². The Morgan fingerprint density at radius 2 is 1.75 bits per heavy atom. The average Bonchev–Trinajstić information content (AvgIpc) is 2.70. The molecule has 0 aliphatic carbocycles. The maximum absolute atomic E-state index is 12.5. The highest BCUT2D eigenvalue weighted by molar-refractivity contribution is 5.54. The van der Waals surface area contributed by atoms with E-state index in [-0.39, 0.29) is 6.04 Å². The number of imidazole rings is 1. The summed E-state index contributed by atoms with van der Waals surface area (Å²) in [6, 6.07) is 5.12. The van der Waals surface area contributed by atoms with E-state index in [1.54, 1.807) is 0 Å². The molecule has 6 heteroatoms. The second-order valence-electron chi connectivity index (χ2n) is 4.91. The fourth-order valence-corrected chi connectivity index (χ4v) is 1.87. The van der Waals surface area contributed by atoms with Crippen molar-refractivity contribution in [2.45, 2.75) is 33.0 Å². The smallest absolute Gasteiger partial charge is 0.326 e. The van der Waals surface area contributed by atoms with Crippen LogP contribution in [0.2, 0.25) is 0 Å². The molecule has 0 amide bonds. The van der Waals surface area contributed by atoms with Crippen LogP contribution in [-0.4, -0.2) is 9.55 Å². The molecule has 2 rings (SSSR count). The molecule has 108 valence electrons. The largest absolute Gasteiger partial charge is 0.416 e.